The first kappa shape index (κ1) is 15.1. The third-order valence-corrected chi connectivity index (χ3v) is 4.57. The Morgan fingerprint density at radius 2 is 2.14 bits per heavy atom. The van der Waals surface area contributed by atoms with Crippen molar-refractivity contribution in [1.82, 2.24) is 14.7 Å². The van der Waals surface area contributed by atoms with Gasteiger partial charge in [-0.1, -0.05) is 29.8 Å². The Balaban J connectivity index is 1.81. The van der Waals surface area contributed by atoms with Gasteiger partial charge >= 0.3 is 0 Å². The molecule has 1 aromatic carbocycles. The molecule has 1 aromatic heterocycles. The van der Waals surface area contributed by atoms with Gasteiger partial charge in [0.1, 0.15) is 5.15 Å². The number of carbonyl (C=O) groups excluding carboxylic acids is 1. The highest BCUT2D eigenvalue weighted by atomic mass is 35.5. The molecule has 2 N–H and O–H groups in total. The lowest BCUT2D eigenvalue weighted by Gasteiger charge is -2.15. The highest BCUT2D eigenvalue weighted by Crippen LogP contribution is 2.27. The number of aromatic nitrogens is 2. The predicted molar refractivity (Wildman–Crippen MR) is 85.9 cm³/mol. The molecule has 0 spiro atoms. The second-order valence-electron chi connectivity index (χ2n) is 5.73. The highest BCUT2D eigenvalue weighted by Gasteiger charge is 2.28. The maximum Gasteiger partial charge on any atom is 0.221 e. The van der Waals surface area contributed by atoms with Gasteiger partial charge in [-0.25, -0.2) is 4.68 Å². The van der Waals surface area contributed by atoms with E-state index in [1.165, 1.54) is 0 Å². The lowest BCUT2D eigenvalue weighted by molar-refractivity contribution is -0.121. The molecule has 0 bridgehead atoms. The maximum atomic E-state index is 11.3. The fraction of sp³-hybridized carbons (Fsp3) is 0.375. The molecule has 0 radical (unpaired) electrons. The number of para-hydroxylation sites is 1. The molecule has 0 unspecified atom stereocenters. The van der Waals surface area contributed by atoms with E-state index in [9.17, 15) is 4.79 Å². The Morgan fingerprint density at radius 1 is 1.41 bits per heavy atom. The molecule has 116 valence electrons. The molecule has 5 nitrogen and oxygen atoms in total. The summed E-state index contributed by atoms with van der Waals surface area (Å²) in [6.07, 6.45) is 0.818. The van der Waals surface area contributed by atoms with E-state index < -0.39 is 0 Å². The molecule has 1 aliphatic heterocycles. The summed E-state index contributed by atoms with van der Waals surface area (Å²) < 4.78 is 1.76. The number of likely N-dealkylation sites (tertiary alicyclic amines) is 1. The highest BCUT2D eigenvalue weighted by molar-refractivity contribution is 6.30. The van der Waals surface area contributed by atoms with E-state index in [4.69, 9.17) is 17.3 Å². The summed E-state index contributed by atoms with van der Waals surface area (Å²) in [6.45, 7) is 4.21. The third-order valence-electron chi connectivity index (χ3n) is 4.18. The van der Waals surface area contributed by atoms with Crippen molar-refractivity contribution in [2.45, 2.75) is 19.9 Å². The maximum absolute atomic E-state index is 11.3. The summed E-state index contributed by atoms with van der Waals surface area (Å²) in [5.74, 6) is -0.270. The Kier molecular flexibility index (Phi) is 4.18. The largest absolute Gasteiger partial charge is 0.369 e. The molecule has 2 heterocycles. The van der Waals surface area contributed by atoms with Gasteiger partial charge in [0.25, 0.3) is 0 Å². The zero-order valence-corrected chi connectivity index (χ0v) is 13.3. The zero-order valence-electron chi connectivity index (χ0n) is 12.5. The number of primary amides is 1. The average Bonchev–Trinajstić information content (AvgIpc) is 3.09. The third kappa shape index (κ3) is 2.87. The monoisotopic (exact) mass is 318 g/mol. The fourth-order valence-electron chi connectivity index (χ4n) is 2.88. The quantitative estimate of drug-likeness (QED) is 0.939. The first-order chi connectivity index (χ1) is 10.6. The van der Waals surface area contributed by atoms with Crippen LogP contribution in [-0.2, 0) is 11.3 Å². The molecule has 3 rings (SSSR count). The van der Waals surface area contributed by atoms with Gasteiger partial charge in [-0.15, -0.1) is 0 Å². The van der Waals surface area contributed by atoms with Crippen molar-refractivity contribution in [2.75, 3.05) is 13.1 Å². The van der Waals surface area contributed by atoms with Crippen LogP contribution >= 0.6 is 11.6 Å². The molecule has 1 atom stereocenters. The van der Waals surface area contributed by atoms with Gasteiger partial charge < -0.3 is 5.73 Å². The van der Waals surface area contributed by atoms with Crippen molar-refractivity contribution in [3.8, 4) is 5.69 Å². The van der Waals surface area contributed by atoms with Gasteiger partial charge in [0.15, 0.2) is 0 Å². The number of benzene rings is 1. The molecule has 0 saturated carbocycles. The standard InChI is InChI=1S/C16H19ClN4O/c1-11-14(10-20-8-7-12(9-20)16(18)22)15(17)21(19-11)13-5-3-2-4-6-13/h2-6,12H,7-10H2,1H3,(H2,18,22)/t12-/m0/s1. The summed E-state index contributed by atoms with van der Waals surface area (Å²) in [5, 5.41) is 5.17. The predicted octanol–water partition coefficient (Wildman–Crippen LogP) is 2.14. The van der Waals surface area contributed by atoms with E-state index in [0.29, 0.717) is 18.2 Å². The van der Waals surface area contributed by atoms with Crippen molar-refractivity contribution < 1.29 is 4.79 Å². The topological polar surface area (TPSA) is 64.2 Å². The van der Waals surface area contributed by atoms with Gasteiger partial charge in [0.2, 0.25) is 5.91 Å². The van der Waals surface area contributed by atoms with E-state index in [1.807, 2.05) is 37.3 Å². The van der Waals surface area contributed by atoms with Crippen LogP contribution in [0.3, 0.4) is 0 Å². The molecular weight excluding hydrogens is 300 g/mol. The molecule has 1 aliphatic rings. The Morgan fingerprint density at radius 3 is 2.77 bits per heavy atom. The van der Waals surface area contributed by atoms with Gasteiger partial charge in [0, 0.05) is 18.7 Å². The number of carbonyl (C=O) groups is 1. The van der Waals surface area contributed by atoms with Crippen LogP contribution in [0.1, 0.15) is 17.7 Å². The number of nitrogens with zero attached hydrogens (tertiary/aromatic N) is 3. The first-order valence-corrected chi connectivity index (χ1v) is 7.75. The lowest BCUT2D eigenvalue weighted by atomic mass is 10.1. The van der Waals surface area contributed by atoms with Crippen molar-refractivity contribution in [1.29, 1.82) is 0 Å². The van der Waals surface area contributed by atoms with Crippen LogP contribution in [0.5, 0.6) is 0 Å². The van der Waals surface area contributed by atoms with Crippen LogP contribution < -0.4 is 5.73 Å². The number of rotatable bonds is 4. The molecular formula is C16H19ClN4O. The summed E-state index contributed by atoms with van der Waals surface area (Å²) in [6, 6.07) is 9.82. The minimum Gasteiger partial charge on any atom is -0.369 e. The summed E-state index contributed by atoms with van der Waals surface area (Å²) in [7, 11) is 0. The summed E-state index contributed by atoms with van der Waals surface area (Å²) in [5.41, 5.74) is 8.25. The first-order valence-electron chi connectivity index (χ1n) is 7.37. The molecule has 0 aliphatic carbocycles. The lowest BCUT2D eigenvalue weighted by Crippen LogP contribution is -2.27. The minimum absolute atomic E-state index is 0.0525. The summed E-state index contributed by atoms with van der Waals surface area (Å²) >= 11 is 6.52. The van der Waals surface area contributed by atoms with E-state index >= 15 is 0 Å². The number of hydrogen-bond acceptors (Lipinski definition) is 3. The average molecular weight is 319 g/mol. The minimum atomic E-state index is -0.217. The molecule has 6 heteroatoms. The Bertz CT molecular complexity index is 683. The molecule has 1 amide bonds. The van der Waals surface area contributed by atoms with E-state index in [0.717, 1.165) is 29.9 Å². The normalized spacial score (nSPS) is 18.7. The van der Waals surface area contributed by atoms with Crippen molar-refractivity contribution >= 4 is 17.5 Å². The summed E-state index contributed by atoms with van der Waals surface area (Å²) in [4.78, 5) is 13.5. The zero-order chi connectivity index (χ0) is 15.7. The van der Waals surface area contributed by atoms with E-state index in [1.54, 1.807) is 4.68 Å². The molecule has 1 saturated heterocycles. The van der Waals surface area contributed by atoms with Gasteiger partial charge in [-0.05, 0) is 32.0 Å². The van der Waals surface area contributed by atoms with Crippen LogP contribution in [0.25, 0.3) is 5.69 Å². The SMILES string of the molecule is Cc1nn(-c2ccccc2)c(Cl)c1CN1CC[C@H](C(N)=O)C1. The van der Waals surface area contributed by atoms with E-state index in [-0.39, 0.29) is 11.8 Å². The second kappa shape index (κ2) is 6.10. The van der Waals surface area contributed by atoms with Crippen LogP contribution in [0.2, 0.25) is 5.15 Å². The van der Waals surface area contributed by atoms with Gasteiger partial charge in [-0.2, -0.15) is 5.10 Å². The van der Waals surface area contributed by atoms with Crippen LogP contribution in [0.4, 0.5) is 0 Å². The Labute approximate surface area is 134 Å². The molecule has 1 fully saturated rings. The van der Waals surface area contributed by atoms with Crippen LogP contribution in [-0.4, -0.2) is 33.7 Å². The van der Waals surface area contributed by atoms with Gasteiger partial charge in [-0.3, -0.25) is 9.69 Å². The number of amides is 1. The van der Waals surface area contributed by atoms with Crippen molar-refractivity contribution in [3.05, 3.63) is 46.7 Å². The smallest absolute Gasteiger partial charge is 0.221 e. The van der Waals surface area contributed by atoms with Crippen LogP contribution in [0, 0.1) is 12.8 Å². The van der Waals surface area contributed by atoms with Crippen molar-refractivity contribution in [3.63, 3.8) is 0 Å². The number of hydrogen-bond donors (Lipinski definition) is 1. The second-order valence-corrected chi connectivity index (χ2v) is 6.08. The van der Waals surface area contributed by atoms with E-state index in [2.05, 4.69) is 10.00 Å². The van der Waals surface area contributed by atoms with Crippen molar-refractivity contribution in [2.24, 2.45) is 11.7 Å². The van der Waals surface area contributed by atoms with Crippen LogP contribution in [0.15, 0.2) is 30.3 Å². The molecule has 22 heavy (non-hydrogen) atoms. The number of aryl methyl sites for hydroxylation is 1. The fourth-order valence-corrected chi connectivity index (χ4v) is 3.22. The molecule has 2 aromatic rings. The Hall–Kier alpha value is -1.85. The number of halogens is 1. The van der Waals surface area contributed by atoms with Gasteiger partial charge in [0.05, 0.1) is 17.3 Å². The number of nitrogens with two attached hydrogens (primary N) is 1.